The highest BCUT2D eigenvalue weighted by atomic mass is 15.3. The quantitative estimate of drug-likeness (QED) is 0.778. The Morgan fingerprint density at radius 1 is 1.50 bits per heavy atom. The van der Waals surface area contributed by atoms with E-state index in [9.17, 15) is 0 Å². The number of aromatic nitrogens is 2. The topological polar surface area (TPSA) is 29.9 Å². The summed E-state index contributed by atoms with van der Waals surface area (Å²) in [6, 6.07) is 0.461. The molecule has 0 spiro atoms. The molecule has 14 heavy (non-hydrogen) atoms. The highest BCUT2D eigenvalue weighted by Gasteiger charge is 2.13. The van der Waals surface area contributed by atoms with E-state index in [4.69, 9.17) is 0 Å². The molecule has 0 aromatic carbocycles. The van der Waals surface area contributed by atoms with Gasteiger partial charge in [0.25, 0.3) is 0 Å². The number of aryl methyl sites for hydroxylation is 1. The molecule has 1 heterocycles. The first-order valence-electron chi connectivity index (χ1n) is 5.36. The van der Waals surface area contributed by atoms with E-state index < -0.39 is 0 Å². The van der Waals surface area contributed by atoms with Crippen LogP contribution in [0.2, 0.25) is 0 Å². The summed E-state index contributed by atoms with van der Waals surface area (Å²) in [7, 11) is 0. The fourth-order valence-corrected chi connectivity index (χ4v) is 1.46. The first-order valence-corrected chi connectivity index (χ1v) is 5.36. The van der Waals surface area contributed by atoms with Gasteiger partial charge in [-0.2, -0.15) is 5.10 Å². The predicted octanol–water partition coefficient (Wildman–Crippen LogP) is 2.00. The van der Waals surface area contributed by atoms with Crippen molar-refractivity contribution in [2.75, 3.05) is 13.1 Å². The van der Waals surface area contributed by atoms with E-state index in [2.05, 4.69) is 49.0 Å². The summed E-state index contributed by atoms with van der Waals surface area (Å²) in [5, 5.41) is 7.70. The lowest BCUT2D eigenvalue weighted by Crippen LogP contribution is -2.26. The van der Waals surface area contributed by atoms with E-state index in [0.29, 0.717) is 12.0 Å². The zero-order chi connectivity index (χ0) is 10.6. The Morgan fingerprint density at radius 3 is 2.71 bits per heavy atom. The summed E-state index contributed by atoms with van der Waals surface area (Å²) in [4.78, 5) is 0. The van der Waals surface area contributed by atoms with Gasteiger partial charge >= 0.3 is 0 Å². The summed E-state index contributed by atoms with van der Waals surface area (Å²) in [6.45, 7) is 10.8. The van der Waals surface area contributed by atoms with Crippen molar-refractivity contribution in [3.63, 3.8) is 0 Å². The molecule has 0 saturated carbocycles. The molecule has 2 unspecified atom stereocenters. The lowest BCUT2D eigenvalue weighted by Gasteiger charge is -2.20. The molecule has 0 amide bonds. The van der Waals surface area contributed by atoms with Gasteiger partial charge in [-0.25, -0.2) is 0 Å². The van der Waals surface area contributed by atoms with Crippen LogP contribution in [0, 0.1) is 12.8 Å². The maximum atomic E-state index is 4.33. The molecule has 3 heteroatoms. The molecule has 80 valence electrons. The van der Waals surface area contributed by atoms with Gasteiger partial charge in [0.1, 0.15) is 0 Å². The molecule has 0 aliphatic carbocycles. The van der Waals surface area contributed by atoms with Crippen molar-refractivity contribution in [1.29, 1.82) is 0 Å². The summed E-state index contributed by atoms with van der Waals surface area (Å²) in [5.41, 5.74) is 1.23. The first-order chi connectivity index (χ1) is 6.65. The largest absolute Gasteiger partial charge is 0.317 e. The van der Waals surface area contributed by atoms with Crippen LogP contribution in [0.5, 0.6) is 0 Å². The normalized spacial score (nSPS) is 15.4. The fourth-order valence-electron chi connectivity index (χ4n) is 1.46. The number of nitrogens with zero attached hydrogens (tertiary/aromatic N) is 2. The lowest BCUT2D eigenvalue weighted by molar-refractivity contribution is 0.339. The summed E-state index contributed by atoms with van der Waals surface area (Å²) in [5.74, 6) is 0.606. The van der Waals surface area contributed by atoms with Crippen molar-refractivity contribution in [3.05, 3.63) is 18.0 Å². The van der Waals surface area contributed by atoms with Crippen LogP contribution in [0.25, 0.3) is 0 Å². The Bertz CT molecular complexity index is 267. The third-order valence-electron chi connectivity index (χ3n) is 2.69. The molecule has 2 atom stereocenters. The van der Waals surface area contributed by atoms with Gasteiger partial charge in [-0.05, 0) is 38.4 Å². The summed E-state index contributed by atoms with van der Waals surface area (Å²) in [6.07, 6.45) is 4.02. The predicted molar refractivity (Wildman–Crippen MR) is 59.4 cm³/mol. The van der Waals surface area contributed by atoms with Crippen molar-refractivity contribution >= 4 is 0 Å². The van der Waals surface area contributed by atoms with Gasteiger partial charge in [0, 0.05) is 6.20 Å². The van der Waals surface area contributed by atoms with Gasteiger partial charge in [-0.15, -0.1) is 0 Å². The monoisotopic (exact) mass is 195 g/mol. The number of hydrogen-bond donors (Lipinski definition) is 1. The molecule has 1 rings (SSSR count). The minimum absolute atomic E-state index is 0.461. The molecular weight excluding hydrogens is 174 g/mol. The van der Waals surface area contributed by atoms with Crippen LogP contribution in [0.3, 0.4) is 0 Å². The highest BCUT2D eigenvalue weighted by Crippen LogP contribution is 2.15. The average molecular weight is 195 g/mol. The number of nitrogens with one attached hydrogen (secondary N) is 1. The van der Waals surface area contributed by atoms with Crippen LogP contribution in [-0.4, -0.2) is 22.9 Å². The molecule has 1 N–H and O–H groups in total. The lowest BCUT2D eigenvalue weighted by atomic mass is 10.0. The van der Waals surface area contributed by atoms with Gasteiger partial charge in [-0.3, -0.25) is 4.68 Å². The second-order valence-corrected chi connectivity index (χ2v) is 4.02. The van der Waals surface area contributed by atoms with E-state index in [1.807, 2.05) is 6.20 Å². The van der Waals surface area contributed by atoms with Crippen molar-refractivity contribution < 1.29 is 0 Å². The standard InChI is InChI=1S/C11H21N3/c1-5-12-7-10(3)11(4)14-8-9(2)6-13-14/h6,8,10-12H,5,7H2,1-4H3. The first kappa shape index (κ1) is 11.2. The van der Waals surface area contributed by atoms with E-state index in [1.165, 1.54) is 5.56 Å². The second-order valence-electron chi connectivity index (χ2n) is 4.02. The second kappa shape index (κ2) is 5.15. The van der Waals surface area contributed by atoms with Crippen molar-refractivity contribution in [1.82, 2.24) is 15.1 Å². The van der Waals surface area contributed by atoms with E-state index >= 15 is 0 Å². The molecule has 0 aliphatic heterocycles. The van der Waals surface area contributed by atoms with E-state index in [-0.39, 0.29) is 0 Å². The van der Waals surface area contributed by atoms with Crippen LogP contribution < -0.4 is 5.32 Å². The Hall–Kier alpha value is -0.830. The number of hydrogen-bond acceptors (Lipinski definition) is 2. The van der Waals surface area contributed by atoms with Gasteiger partial charge in [0.2, 0.25) is 0 Å². The molecule has 3 nitrogen and oxygen atoms in total. The smallest absolute Gasteiger partial charge is 0.0528 e. The van der Waals surface area contributed by atoms with Crippen LogP contribution in [0.15, 0.2) is 12.4 Å². The van der Waals surface area contributed by atoms with Crippen LogP contribution in [-0.2, 0) is 0 Å². The Labute approximate surface area is 86.5 Å². The molecule has 0 saturated heterocycles. The minimum atomic E-state index is 0.461. The minimum Gasteiger partial charge on any atom is -0.317 e. The van der Waals surface area contributed by atoms with Crippen molar-refractivity contribution in [3.8, 4) is 0 Å². The maximum Gasteiger partial charge on any atom is 0.0528 e. The SMILES string of the molecule is CCNCC(C)C(C)n1cc(C)cn1. The fraction of sp³-hybridized carbons (Fsp3) is 0.727. The third-order valence-corrected chi connectivity index (χ3v) is 2.69. The Kier molecular flexibility index (Phi) is 4.14. The number of rotatable bonds is 5. The molecule has 1 aromatic rings. The van der Waals surface area contributed by atoms with Gasteiger partial charge < -0.3 is 5.32 Å². The van der Waals surface area contributed by atoms with E-state index in [0.717, 1.165) is 13.1 Å². The third kappa shape index (κ3) is 2.84. The molecule has 0 radical (unpaired) electrons. The van der Waals surface area contributed by atoms with E-state index in [1.54, 1.807) is 0 Å². The van der Waals surface area contributed by atoms with Gasteiger partial charge in [0.15, 0.2) is 0 Å². The van der Waals surface area contributed by atoms with Crippen LogP contribution >= 0.6 is 0 Å². The van der Waals surface area contributed by atoms with Crippen molar-refractivity contribution in [2.24, 2.45) is 5.92 Å². The van der Waals surface area contributed by atoms with Crippen molar-refractivity contribution in [2.45, 2.75) is 33.7 Å². The Balaban J connectivity index is 2.51. The highest BCUT2D eigenvalue weighted by molar-refractivity contribution is 5.00. The molecule has 1 aromatic heterocycles. The zero-order valence-corrected chi connectivity index (χ0v) is 9.62. The average Bonchev–Trinajstić information content (AvgIpc) is 2.60. The van der Waals surface area contributed by atoms with Crippen LogP contribution in [0.1, 0.15) is 32.4 Å². The maximum absolute atomic E-state index is 4.33. The molecular formula is C11H21N3. The molecule has 0 fully saturated rings. The Morgan fingerprint density at radius 2 is 2.21 bits per heavy atom. The van der Waals surface area contributed by atoms with Crippen LogP contribution in [0.4, 0.5) is 0 Å². The van der Waals surface area contributed by atoms with Gasteiger partial charge in [-0.1, -0.05) is 13.8 Å². The molecule has 0 bridgehead atoms. The summed E-state index contributed by atoms with van der Waals surface area (Å²) >= 11 is 0. The molecule has 0 aliphatic rings. The van der Waals surface area contributed by atoms with Gasteiger partial charge in [0.05, 0.1) is 12.2 Å². The summed E-state index contributed by atoms with van der Waals surface area (Å²) < 4.78 is 2.05. The zero-order valence-electron chi connectivity index (χ0n) is 9.62.